The van der Waals surface area contributed by atoms with Crippen molar-refractivity contribution in [2.75, 3.05) is 26.4 Å². The zero-order valence-electron chi connectivity index (χ0n) is 52.2. The Labute approximate surface area is 518 Å². The number of carbonyl (C=O) groups excluding carboxylic acids is 8. The molecule has 5 aromatic carbocycles. The zero-order valence-corrected chi connectivity index (χ0v) is 52.2. The van der Waals surface area contributed by atoms with Crippen LogP contribution in [-0.2, 0) is 19.2 Å². The predicted octanol–water partition coefficient (Wildman–Crippen LogP) is 12.2. The summed E-state index contributed by atoms with van der Waals surface area (Å²) in [4.78, 5) is 108. The van der Waals surface area contributed by atoms with Gasteiger partial charge in [-0.1, -0.05) is 205 Å². The molecule has 20 nitrogen and oxygen atoms in total. The van der Waals surface area contributed by atoms with Crippen molar-refractivity contribution in [3.63, 3.8) is 0 Å². The first-order valence-electron chi connectivity index (χ1n) is 32.0. The fourth-order valence-corrected chi connectivity index (χ4v) is 9.69. The van der Waals surface area contributed by atoms with Gasteiger partial charge in [-0.05, 0) is 77.6 Å². The molecule has 8 amide bonds. The molecule has 0 bridgehead atoms. The Hall–Kier alpha value is -8.42. The number of fused-ring (bicyclic) bond motifs is 2. The molecule has 8 N–H and O–H groups in total. The quantitative estimate of drug-likeness (QED) is 0.0103. The van der Waals surface area contributed by atoms with Crippen molar-refractivity contribution < 1.29 is 57.3 Å². The largest absolute Gasteiger partial charge is 0.493 e. The van der Waals surface area contributed by atoms with Gasteiger partial charge < -0.3 is 18.9 Å². The lowest BCUT2D eigenvalue weighted by atomic mass is 10.1. The summed E-state index contributed by atoms with van der Waals surface area (Å²) in [5.74, 6) is -6.12. The highest BCUT2D eigenvalue weighted by molar-refractivity contribution is 6.07. The minimum Gasteiger partial charge on any atom is -0.493 e. The van der Waals surface area contributed by atoms with E-state index in [1.54, 1.807) is 24.3 Å². The molecule has 478 valence electrons. The SMILES string of the molecule is CCCCCCCCOc1cc(OCCCCCCCC)c(C(=O)NNC(=O)CC(=O)NNC(=O)c2cc3ccccc3cc2OCCCCCCCC)cc1C(=O)NNC(=O)CC(=O)NNC(=O)c1cc2ccccc2cc1OCCCCCCCC. The zero-order chi connectivity index (χ0) is 63.1. The summed E-state index contributed by atoms with van der Waals surface area (Å²) in [5.41, 5.74) is 18.2. The van der Waals surface area contributed by atoms with Gasteiger partial charge in [-0.15, -0.1) is 0 Å². The second-order valence-corrected chi connectivity index (χ2v) is 22.1. The maximum absolute atomic E-state index is 14.0. The number of ether oxygens (including phenoxy) is 4. The van der Waals surface area contributed by atoms with Gasteiger partial charge >= 0.3 is 0 Å². The Morgan fingerprint density at radius 2 is 0.500 bits per heavy atom. The van der Waals surface area contributed by atoms with Crippen molar-refractivity contribution in [2.45, 2.75) is 195 Å². The summed E-state index contributed by atoms with van der Waals surface area (Å²) in [6, 6.07) is 24.5. The molecule has 20 heteroatoms. The number of rotatable bonds is 40. The average Bonchev–Trinajstić information content (AvgIpc) is 3.46. The van der Waals surface area contributed by atoms with Crippen LogP contribution < -0.4 is 62.4 Å². The molecule has 88 heavy (non-hydrogen) atoms. The smallest absolute Gasteiger partial charge is 0.273 e. The molecule has 0 saturated carbocycles. The minimum absolute atomic E-state index is 0.0298. The Kier molecular flexibility index (Phi) is 32.7. The summed E-state index contributed by atoms with van der Waals surface area (Å²) in [6.07, 6.45) is 22.6. The molecule has 0 aliphatic carbocycles. The Morgan fingerprint density at radius 3 is 0.773 bits per heavy atom. The number of hydrogen-bond donors (Lipinski definition) is 8. The maximum atomic E-state index is 14.0. The number of benzene rings is 5. The van der Waals surface area contributed by atoms with E-state index in [9.17, 15) is 38.4 Å². The number of hydrazine groups is 4. The minimum atomic E-state index is -0.947. The third-order valence-corrected chi connectivity index (χ3v) is 14.7. The second-order valence-electron chi connectivity index (χ2n) is 22.1. The molecule has 0 unspecified atom stereocenters. The number of carbonyl (C=O) groups is 8. The first-order valence-corrected chi connectivity index (χ1v) is 32.0. The first-order chi connectivity index (χ1) is 42.8. The molecule has 0 atom stereocenters. The Bertz CT molecular complexity index is 2850. The van der Waals surface area contributed by atoms with Crippen LogP contribution >= 0.6 is 0 Å². The Morgan fingerprint density at radius 1 is 0.273 bits per heavy atom. The fourth-order valence-electron chi connectivity index (χ4n) is 9.69. The van der Waals surface area contributed by atoms with Gasteiger partial charge in [0.25, 0.3) is 23.6 Å². The molecular weight excluding hydrogens is 1120 g/mol. The lowest BCUT2D eigenvalue weighted by Crippen LogP contribution is -2.47. The molecule has 0 radical (unpaired) electrons. The van der Waals surface area contributed by atoms with Crippen LogP contribution in [0.25, 0.3) is 21.5 Å². The van der Waals surface area contributed by atoms with Crippen molar-refractivity contribution in [1.82, 2.24) is 43.4 Å². The topological polar surface area (TPSA) is 270 Å². The van der Waals surface area contributed by atoms with Crippen LogP contribution in [0.1, 0.15) is 236 Å². The highest BCUT2D eigenvalue weighted by Gasteiger charge is 2.25. The monoisotopic (exact) mass is 1210 g/mol. The van der Waals surface area contributed by atoms with Crippen LogP contribution in [-0.4, -0.2) is 73.7 Å². The van der Waals surface area contributed by atoms with E-state index in [0.717, 1.165) is 150 Å². The van der Waals surface area contributed by atoms with E-state index in [2.05, 4.69) is 71.1 Å². The molecule has 5 rings (SSSR count). The van der Waals surface area contributed by atoms with Crippen molar-refractivity contribution in [1.29, 1.82) is 0 Å². The molecule has 0 spiro atoms. The van der Waals surface area contributed by atoms with Gasteiger partial charge in [0.2, 0.25) is 23.6 Å². The van der Waals surface area contributed by atoms with E-state index < -0.39 is 60.1 Å². The molecule has 0 aliphatic heterocycles. The highest BCUT2D eigenvalue weighted by atomic mass is 16.5. The van der Waals surface area contributed by atoms with Gasteiger partial charge in [0.05, 0.1) is 48.7 Å². The maximum Gasteiger partial charge on any atom is 0.273 e. The molecule has 5 aromatic rings. The number of nitrogens with one attached hydrogen (secondary N) is 8. The third-order valence-electron chi connectivity index (χ3n) is 14.7. The van der Waals surface area contributed by atoms with Gasteiger partial charge in [0.1, 0.15) is 35.8 Å². The van der Waals surface area contributed by atoms with Crippen LogP contribution in [0.3, 0.4) is 0 Å². The molecule has 0 heterocycles. The standard InChI is InChI=1S/C68H94N8O12/c1-5-9-13-17-21-29-37-85-57-43-51-35-27-25-33-49(51)41-53(57)65(81)73-69-61(77)47-63(79)71-75-67(83)55-45-56(60(88-40-32-24-20-16-12-8-4)46-59(55)87-39-31-23-19-15-11-7-3)68(84)76-72-64(80)48-62(78)70-74-66(82)54-42-50-34-26-28-36-52(50)44-58(54)86-38-30-22-18-14-10-6-2/h25-28,33-36,41-46H,5-24,29-32,37-40,47-48H2,1-4H3,(H,69,77)(H,70,78)(H,71,79)(H,72,80)(H,73,81)(H,74,82)(H,75,83)(H,76,84). The van der Waals surface area contributed by atoms with Gasteiger partial charge in [0, 0.05) is 6.07 Å². The molecule has 0 aromatic heterocycles. The molecule has 0 aliphatic rings. The van der Waals surface area contributed by atoms with Crippen LogP contribution in [0.15, 0.2) is 84.9 Å². The summed E-state index contributed by atoms with van der Waals surface area (Å²) in [7, 11) is 0. The summed E-state index contributed by atoms with van der Waals surface area (Å²) in [6.45, 7) is 9.79. The molecular formula is C68H94N8O12. The highest BCUT2D eigenvalue weighted by Crippen LogP contribution is 2.32. The van der Waals surface area contributed by atoms with Crippen LogP contribution in [0.5, 0.6) is 23.0 Å². The van der Waals surface area contributed by atoms with Crippen molar-refractivity contribution in [2.24, 2.45) is 0 Å². The predicted molar refractivity (Wildman–Crippen MR) is 341 cm³/mol. The van der Waals surface area contributed by atoms with Crippen LogP contribution in [0.2, 0.25) is 0 Å². The van der Waals surface area contributed by atoms with Gasteiger partial charge in [-0.3, -0.25) is 81.8 Å². The number of amides is 8. The van der Waals surface area contributed by atoms with E-state index in [-0.39, 0.29) is 47.0 Å². The number of hydrogen-bond acceptors (Lipinski definition) is 12. The fraction of sp³-hybridized carbons (Fsp3) is 0.500. The van der Waals surface area contributed by atoms with Crippen LogP contribution in [0, 0.1) is 0 Å². The van der Waals surface area contributed by atoms with Gasteiger partial charge in [-0.2, -0.15) is 0 Å². The van der Waals surface area contributed by atoms with E-state index in [4.69, 9.17) is 18.9 Å². The molecule has 0 saturated heterocycles. The molecule has 0 fully saturated rings. The van der Waals surface area contributed by atoms with E-state index in [1.165, 1.54) is 25.0 Å². The van der Waals surface area contributed by atoms with E-state index in [0.29, 0.717) is 37.6 Å². The lowest BCUT2D eigenvalue weighted by Gasteiger charge is -2.18. The van der Waals surface area contributed by atoms with E-state index >= 15 is 0 Å². The van der Waals surface area contributed by atoms with Crippen LogP contribution in [0.4, 0.5) is 0 Å². The van der Waals surface area contributed by atoms with Crippen molar-refractivity contribution >= 4 is 68.8 Å². The lowest BCUT2D eigenvalue weighted by molar-refractivity contribution is -0.131. The summed E-state index contributed by atoms with van der Waals surface area (Å²) >= 11 is 0. The van der Waals surface area contributed by atoms with Crippen molar-refractivity contribution in [3.8, 4) is 23.0 Å². The third kappa shape index (κ3) is 25.5. The first kappa shape index (κ1) is 70.3. The summed E-state index contributed by atoms with van der Waals surface area (Å²) in [5, 5.41) is 3.30. The van der Waals surface area contributed by atoms with Crippen molar-refractivity contribution in [3.05, 3.63) is 107 Å². The van der Waals surface area contributed by atoms with Gasteiger partial charge in [0.15, 0.2) is 0 Å². The average molecular weight is 1220 g/mol. The normalized spacial score (nSPS) is 10.9. The van der Waals surface area contributed by atoms with E-state index in [1.807, 2.05) is 48.5 Å². The summed E-state index contributed by atoms with van der Waals surface area (Å²) < 4.78 is 24.5. The van der Waals surface area contributed by atoms with Gasteiger partial charge in [-0.25, -0.2) is 0 Å². The second kappa shape index (κ2) is 40.9. The number of unbranched alkanes of at least 4 members (excludes halogenated alkanes) is 20. The Balaban J connectivity index is 1.24.